The average molecular weight is 250 g/mol. The van der Waals surface area contributed by atoms with E-state index in [1.165, 1.54) is 12.8 Å². The number of para-hydroxylation sites is 1. The van der Waals surface area contributed by atoms with E-state index in [9.17, 15) is 4.79 Å². The topological polar surface area (TPSA) is 50.8 Å². The molecule has 1 aromatic carbocycles. The van der Waals surface area contributed by atoms with Crippen molar-refractivity contribution in [2.45, 2.75) is 12.8 Å². The van der Waals surface area contributed by atoms with Crippen LogP contribution in [0.1, 0.15) is 12.8 Å². The standard InChI is InChI=1S/C13H18N2O3/c16-13(18-12-6-2-1-3-7-12)14-17-11-10-15-8-4-5-9-15/h1-3,6-7H,4-5,8-11H2,(H,14,16). The molecule has 1 amide bonds. The third kappa shape index (κ3) is 4.35. The highest BCUT2D eigenvalue weighted by Gasteiger charge is 2.11. The number of rotatable bonds is 5. The van der Waals surface area contributed by atoms with Gasteiger partial charge in [-0.2, -0.15) is 5.48 Å². The molecule has 5 heteroatoms. The first-order chi connectivity index (χ1) is 8.84. The summed E-state index contributed by atoms with van der Waals surface area (Å²) in [7, 11) is 0. The minimum atomic E-state index is -0.595. The van der Waals surface area contributed by atoms with Crippen LogP contribution < -0.4 is 10.2 Å². The Morgan fingerprint density at radius 1 is 1.22 bits per heavy atom. The van der Waals surface area contributed by atoms with Crippen LogP contribution in [-0.2, 0) is 4.84 Å². The Morgan fingerprint density at radius 2 is 1.94 bits per heavy atom. The first-order valence-corrected chi connectivity index (χ1v) is 6.21. The van der Waals surface area contributed by atoms with Crippen LogP contribution in [0, 0.1) is 0 Å². The molecule has 5 nitrogen and oxygen atoms in total. The maximum absolute atomic E-state index is 11.3. The Morgan fingerprint density at radius 3 is 2.67 bits per heavy atom. The fourth-order valence-corrected chi connectivity index (χ4v) is 1.91. The summed E-state index contributed by atoms with van der Waals surface area (Å²) in [5.74, 6) is 0.498. The highest BCUT2D eigenvalue weighted by molar-refractivity contribution is 5.68. The van der Waals surface area contributed by atoms with Crippen LogP contribution in [0.5, 0.6) is 5.75 Å². The molecular weight excluding hydrogens is 232 g/mol. The van der Waals surface area contributed by atoms with E-state index >= 15 is 0 Å². The lowest BCUT2D eigenvalue weighted by atomic mass is 10.3. The molecular formula is C13H18N2O3. The van der Waals surface area contributed by atoms with E-state index in [1.807, 2.05) is 6.07 Å². The van der Waals surface area contributed by atoms with E-state index in [1.54, 1.807) is 24.3 Å². The predicted octanol–water partition coefficient (Wildman–Crippen LogP) is 1.80. The molecule has 2 rings (SSSR count). The summed E-state index contributed by atoms with van der Waals surface area (Å²) in [6.45, 7) is 3.56. The Bertz CT molecular complexity index is 364. The zero-order valence-corrected chi connectivity index (χ0v) is 10.3. The van der Waals surface area contributed by atoms with Crippen LogP contribution in [0.25, 0.3) is 0 Å². The molecule has 0 saturated carbocycles. The third-order valence-corrected chi connectivity index (χ3v) is 2.82. The second-order valence-electron chi connectivity index (χ2n) is 4.20. The van der Waals surface area contributed by atoms with Crippen molar-refractivity contribution in [3.63, 3.8) is 0 Å². The summed E-state index contributed by atoms with van der Waals surface area (Å²) in [5, 5.41) is 0. The van der Waals surface area contributed by atoms with Gasteiger partial charge in [-0.1, -0.05) is 18.2 Å². The molecule has 1 aliphatic rings. The minimum absolute atomic E-state index is 0.476. The Hall–Kier alpha value is -1.59. The van der Waals surface area contributed by atoms with Crippen molar-refractivity contribution >= 4 is 6.09 Å². The lowest BCUT2D eigenvalue weighted by Gasteiger charge is -2.14. The lowest BCUT2D eigenvalue weighted by Crippen LogP contribution is -2.31. The molecule has 0 atom stereocenters. The van der Waals surface area contributed by atoms with Gasteiger partial charge in [0.25, 0.3) is 0 Å². The Balaban J connectivity index is 1.57. The van der Waals surface area contributed by atoms with E-state index in [0.717, 1.165) is 19.6 Å². The van der Waals surface area contributed by atoms with Crippen LogP contribution in [0.4, 0.5) is 4.79 Å². The normalized spacial score (nSPS) is 15.6. The molecule has 1 heterocycles. The molecule has 0 bridgehead atoms. The quantitative estimate of drug-likeness (QED) is 0.639. The molecule has 18 heavy (non-hydrogen) atoms. The zero-order chi connectivity index (χ0) is 12.6. The number of carbonyl (C=O) groups is 1. The molecule has 98 valence electrons. The van der Waals surface area contributed by atoms with E-state index < -0.39 is 6.09 Å². The van der Waals surface area contributed by atoms with Crippen LogP contribution in [0.3, 0.4) is 0 Å². The number of nitrogens with zero attached hydrogens (tertiary/aromatic N) is 1. The van der Waals surface area contributed by atoms with E-state index in [2.05, 4.69) is 10.4 Å². The number of hydroxylamine groups is 1. The van der Waals surface area contributed by atoms with E-state index in [0.29, 0.717) is 12.4 Å². The van der Waals surface area contributed by atoms with Crippen LogP contribution in [0.2, 0.25) is 0 Å². The molecule has 1 N–H and O–H groups in total. The summed E-state index contributed by atoms with van der Waals surface area (Å²) >= 11 is 0. The number of nitrogens with one attached hydrogen (secondary N) is 1. The van der Waals surface area contributed by atoms with Crippen molar-refractivity contribution in [2.75, 3.05) is 26.2 Å². The minimum Gasteiger partial charge on any atom is -0.409 e. The fourth-order valence-electron chi connectivity index (χ4n) is 1.91. The molecule has 0 spiro atoms. The summed E-state index contributed by atoms with van der Waals surface area (Å²) in [6.07, 6.45) is 1.91. The summed E-state index contributed by atoms with van der Waals surface area (Å²) in [6, 6.07) is 8.89. The van der Waals surface area contributed by atoms with E-state index in [4.69, 9.17) is 9.57 Å². The molecule has 0 aromatic heterocycles. The molecule has 0 radical (unpaired) electrons. The number of hydrogen-bond donors (Lipinski definition) is 1. The molecule has 0 aliphatic carbocycles. The maximum atomic E-state index is 11.3. The molecule has 1 fully saturated rings. The fraction of sp³-hybridized carbons (Fsp3) is 0.462. The predicted molar refractivity (Wildman–Crippen MR) is 67.2 cm³/mol. The van der Waals surface area contributed by atoms with Crippen LogP contribution >= 0.6 is 0 Å². The van der Waals surface area contributed by atoms with Crippen molar-refractivity contribution in [2.24, 2.45) is 0 Å². The van der Waals surface area contributed by atoms with Crippen molar-refractivity contribution in [3.8, 4) is 5.75 Å². The van der Waals surface area contributed by atoms with Crippen LogP contribution in [-0.4, -0.2) is 37.2 Å². The summed E-state index contributed by atoms with van der Waals surface area (Å²) in [5.41, 5.74) is 2.27. The maximum Gasteiger partial charge on any atom is 0.436 e. The second-order valence-corrected chi connectivity index (χ2v) is 4.20. The Kier molecular flexibility index (Phi) is 4.99. The van der Waals surface area contributed by atoms with Crippen molar-refractivity contribution in [1.82, 2.24) is 10.4 Å². The number of benzene rings is 1. The lowest BCUT2D eigenvalue weighted by molar-refractivity contribution is 0.0350. The monoisotopic (exact) mass is 250 g/mol. The van der Waals surface area contributed by atoms with Gasteiger partial charge in [0.1, 0.15) is 5.75 Å². The molecule has 1 saturated heterocycles. The second kappa shape index (κ2) is 6.98. The van der Waals surface area contributed by atoms with Gasteiger partial charge in [-0.15, -0.1) is 0 Å². The average Bonchev–Trinajstić information content (AvgIpc) is 2.89. The highest BCUT2D eigenvalue weighted by atomic mass is 16.7. The van der Waals surface area contributed by atoms with Crippen LogP contribution in [0.15, 0.2) is 30.3 Å². The van der Waals surface area contributed by atoms with Gasteiger partial charge < -0.3 is 9.64 Å². The van der Waals surface area contributed by atoms with Gasteiger partial charge in [0.2, 0.25) is 0 Å². The zero-order valence-electron chi connectivity index (χ0n) is 10.3. The van der Waals surface area contributed by atoms with Gasteiger partial charge in [-0.05, 0) is 38.1 Å². The molecule has 0 unspecified atom stereocenters. The summed E-state index contributed by atoms with van der Waals surface area (Å²) < 4.78 is 5.00. The largest absolute Gasteiger partial charge is 0.436 e. The van der Waals surface area contributed by atoms with Crippen molar-refractivity contribution in [1.29, 1.82) is 0 Å². The number of likely N-dealkylation sites (tertiary alicyclic amines) is 1. The number of hydrogen-bond acceptors (Lipinski definition) is 4. The third-order valence-electron chi connectivity index (χ3n) is 2.82. The first kappa shape index (κ1) is 12.9. The van der Waals surface area contributed by atoms with Gasteiger partial charge in [-0.25, -0.2) is 4.79 Å². The number of carbonyl (C=O) groups excluding carboxylic acids is 1. The highest BCUT2D eigenvalue weighted by Crippen LogP contribution is 2.08. The summed E-state index contributed by atoms with van der Waals surface area (Å²) in [4.78, 5) is 18.7. The smallest absolute Gasteiger partial charge is 0.409 e. The number of ether oxygens (including phenoxy) is 1. The SMILES string of the molecule is O=C(NOCCN1CCCC1)Oc1ccccc1. The van der Waals surface area contributed by atoms with Gasteiger partial charge in [-0.3, -0.25) is 4.84 Å². The van der Waals surface area contributed by atoms with Gasteiger partial charge >= 0.3 is 6.09 Å². The van der Waals surface area contributed by atoms with Crippen molar-refractivity contribution < 1.29 is 14.4 Å². The number of amides is 1. The van der Waals surface area contributed by atoms with Crippen molar-refractivity contribution in [3.05, 3.63) is 30.3 Å². The molecule has 1 aliphatic heterocycles. The van der Waals surface area contributed by atoms with Gasteiger partial charge in [0, 0.05) is 6.54 Å². The molecule has 1 aromatic rings. The first-order valence-electron chi connectivity index (χ1n) is 6.21. The van der Waals surface area contributed by atoms with Gasteiger partial charge in [0.05, 0.1) is 6.61 Å². The Labute approximate surface area is 107 Å². The van der Waals surface area contributed by atoms with Gasteiger partial charge in [0.15, 0.2) is 0 Å². The van der Waals surface area contributed by atoms with E-state index in [-0.39, 0.29) is 0 Å².